The summed E-state index contributed by atoms with van der Waals surface area (Å²) in [6.45, 7) is 3.03. The quantitative estimate of drug-likeness (QED) is 0.904. The molecule has 1 aromatic rings. The topological polar surface area (TPSA) is 50.8 Å². The van der Waals surface area contributed by atoms with Crippen LogP contribution in [0, 0.1) is 0 Å². The van der Waals surface area contributed by atoms with E-state index >= 15 is 0 Å². The van der Waals surface area contributed by atoms with Crippen LogP contribution in [0.5, 0.6) is 0 Å². The molecule has 1 N–H and O–H groups in total. The third-order valence-corrected chi connectivity index (χ3v) is 4.45. The third kappa shape index (κ3) is 3.56. The van der Waals surface area contributed by atoms with Crippen LogP contribution in [-0.4, -0.2) is 49.4 Å². The van der Waals surface area contributed by atoms with Crippen LogP contribution < -0.4 is 5.32 Å². The average Bonchev–Trinajstić information content (AvgIpc) is 2.94. The highest BCUT2D eigenvalue weighted by molar-refractivity contribution is 9.10. The van der Waals surface area contributed by atoms with Crippen LogP contribution in [0.3, 0.4) is 0 Å². The molecule has 2 heterocycles. The fourth-order valence-electron chi connectivity index (χ4n) is 2.77. The van der Waals surface area contributed by atoms with Gasteiger partial charge in [-0.05, 0) is 18.2 Å². The van der Waals surface area contributed by atoms with Gasteiger partial charge in [-0.25, -0.2) is 0 Å². The molecule has 2 saturated heterocycles. The molecule has 0 unspecified atom stereocenters. The second-order valence-corrected chi connectivity index (χ2v) is 6.27. The molecule has 0 aliphatic carbocycles. The largest absolute Gasteiger partial charge is 0.376 e. The third-order valence-electron chi connectivity index (χ3n) is 3.96. The summed E-state index contributed by atoms with van der Waals surface area (Å²) >= 11 is 3.42. The Labute approximate surface area is 132 Å². The maximum absolute atomic E-state index is 12.2. The number of carbonyl (C=O) groups excluding carboxylic acids is 1. The minimum Gasteiger partial charge on any atom is -0.376 e. The van der Waals surface area contributed by atoms with Crippen LogP contribution in [0.15, 0.2) is 28.7 Å². The Kier molecular flexibility index (Phi) is 4.47. The summed E-state index contributed by atoms with van der Waals surface area (Å²) in [5.41, 5.74) is 0.939. The Morgan fingerprint density at radius 3 is 2.67 bits per heavy atom. The first-order valence-electron chi connectivity index (χ1n) is 7.22. The van der Waals surface area contributed by atoms with Gasteiger partial charge in [0.2, 0.25) is 5.91 Å². The number of likely N-dealkylation sites (tertiary alicyclic amines) is 1. The zero-order valence-electron chi connectivity index (χ0n) is 11.8. The van der Waals surface area contributed by atoms with E-state index in [1.54, 1.807) is 0 Å². The maximum Gasteiger partial charge on any atom is 0.241 e. The Bertz CT molecular complexity index is 507. The Morgan fingerprint density at radius 2 is 2.00 bits per heavy atom. The lowest BCUT2D eigenvalue weighted by Gasteiger charge is -2.37. The van der Waals surface area contributed by atoms with Crippen molar-refractivity contribution in [1.29, 1.82) is 0 Å². The minimum atomic E-state index is -0.422. The van der Waals surface area contributed by atoms with E-state index in [1.165, 1.54) is 0 Å². The summed E-state index contributed by atoms with van der Waals surface area (Å²) < 4.78 is 12.3. The average molecular weight is 355 g/mol. The zero-order chi connectivity index (χ0) is 14.7. The summed E-state index contributed by atoms with van der Waals surface area (Å²) in [4.78, 5) is 14.1. The molecule has 2 fully saturated rings. The number of anilines is 1. The second kappa shape index (κ2) is 6.34. The van der Waals surface area contributed by atoms with Gasteiger partial charge in [0.1, 0.15) is 0 Å². The van der Waals surface area contributed by atoms with Crippen molar-refractivity contribution >= 4 is 27.5 Å². The monoisotopic (exact) mass is 354 g/mol. The normalized spacial score (nSPS) is 20.7. The fraction of sp³-hybridized carbons (Fsp3) is 0.533. The smallest absolute Gasteiger partial charge is 0.241 e. The van der Waals surface area contributed by atoms with Gasteiger partial charge in [0, 0.05) is 36.1 Å². The van der Waals surface area contributed by atoms with Gasteiger partial charge < -0.3 is 19.7 Å². The summed E-state index contributed by atoms with van der Waals surface area (Å²) in [6, 6.07) is 7.80. The number of halogens is 1. The summed E-state index contributed by atoms with van der Waals surface area (Å²) in [7, 11) is 0. The Balaban J connectivity index is 1.48. The number of carbonyl (C=O) groups is 1. The highest BCUT2D eigenvalue weighted by Crippen LogP contribution is 2.31. The van der Waals surface area contributed by atoms with Crippen LogP contribution >= 0.6 is 15.9 Å². The van der Waals surface area contributed by atoms with Gasteiger partial charge in [-0.2, -0.15) is 0 Å². The van der Waals surface area contributed by atoms with E-state index in [2.05, 4.69) is 21.2 Å². The molecule has 2 aliphatic rings. The SMILES string of the molecule is O=C(CNc1cccc(Br)c1)N1CCC2(CC1)OCCO2. The standard InChI is InChI=1S/C15H19BrN2O3/c16-12-2-1-3-13(10-12)17-11-14(19)18-6-4-15(5-7-18)20-8-9-21-15/h1-3,10,17H,4-9,11H2. The van der Waals surface area contributed by atoms with Gasteiger partial charge in [0.05, 0.1) is 19.8 Å². The number of nitrogens with zero attached hydrogens (tertiary/aromatic N) is 1. The highest BCUT2D eigenvalue weighted by atomic mass is 79.9. The molecular formula is C15H19BrN2O3. The zero-order valence-corrected chi connectivity index (χ0v) is 13.4. The highest BCUT2D eigenvalue weighted by Gasteiger charge is 2.40. The number of benzene rings is 1. The molecule has 0 radical (unpaired) electrons. The molecule has 0 aromatic heterocycles. The van der Waals surface area contributed by atoms with Crippen LogP contribution in [-0.2, 0) is 14.3 Å². The Hall–Kier alpha value is -1.11. The van der Waals surface area contributed by atoms with E-state index in [-0.39, 0.29) is 5.91 Å². The summed E-state index contributed by atoms with van der Waals surface area (Å²) in [5.74, 6) is -0.308. The molecule has 2 aliphatic heterocycles. The van der Waals surface area contributed by atoms with E-state index in [9.17, 15) is 4.79 Å². The number of hydrogen-bond acceptors (Lipinski definition) is 4. The number of rotatable bonds is 3. The predicted octanol–water partition coefficient (Wildman–Crippen LogP) is 2.23. The van der Waals surface area contributed by atoms with Crippen molar-refractivity contribution in [3.63, 3.8) is 0 Å². The lowest BCUT2D eigenvalue weighted by Crippen LogP contribution is -2.48. The van der Waals surface area contributed by atoms with Crippen molar-refractivity contribution in [2.24, 2.45) is 0 Å². The van der Waals surface area contributed by atoms with Gasteiger partial charge in [0.15, 0.2) is 5.79 Å². The predicted molar refractivity (Wildman–Crippen MR) is 83.1 cm³/mol. The molecular weight excluding hydrogens is 336 g/mol. The van der Waals surface area contributed by atoms with Crippen molar-refractivity contribution in [3.8, 4) is 0 Å². The van der Waals surface area contributed by atoms with Crippen molar-refractivity contribution in [3.05, 3.63) is 28.7 Å². The van der Waals surface area contributed by atoms with Crippen LogP contribution in [0.2, 0.25) is 0 Å². The van der Waals surface area contributed by atoms with Crippen molar-refractivity contribution in [2.75, 3.05) is 38.2 Å². The van der Waals surface area contributed by atoms with Crippen molar-refractivity contribution in [2.45, 2.75) is 18.6 Å². The van der Waals surface area contributed by atoms with Crippen molar-refractivity contribution in [1.82, 2.24) is 4.90 Å². The van der Waals surface area contributed by atoms with Gasteiger partial charge in [0.25, 0.3) is 0 Å². The molecule has 114 valence electrons. The van der Waals surface area contributed by atoms with E-state index in [4.69, 9.17) is 9.47 Å². The van der Waals surface area contributed by atoms with E-state index in [0.29, 0.717) is 32.8 Å². The van der Waals surface area contributed by atoms with Gasteiger partial charge in [-0.15, -0.1) is 0 Å². The maximum atomic E-state index is 12.2. The van der Waals surface area contributed by atoms with Crippen LogP contribution in [0.4, 0.5) is 5.69 Å². The molecule has 3 rings (SSSR count). The number of amides is 1. The fourth-order valence-corrected chi connectivity index (χ4v) is 3.17. The van der Waals surface area contributed by atoms with E-state index < -0.39 is 5.79 Å². The number of hydrogen-bond donors (Lipinski definition) is 1. The van der Waals surface area contributed by atoms with E-state index in [0.717, 1.165) is 23.0 Å². The van der Waals surface area contributed by atoms with Gasteiger partial charge >= 0.3 is 0 Å². The number of nitrogens with one attached hydrogen (secondary N) is 1. The molecule has 6 heteroatoms. The first-order valence-corrected chi connectivity index (χ1v) is 8.01. The summed E-state index contributed by atoms with van der Waals surface area (Å²) in [5, 5.41) is 3.16. The lowest BCUT2D eigenvalue weighted by atomic mass is 10.0. The molecule has 0 atom stereocenters. The molecule has 1 amide bonds. The van der Waals surface area contributed by atoms with Crippen molar-refractivity contribution < 1.29 is 14.3 Å². The molecule has 0 saturated carbocycles. The second-order valence-electron chi connectivity index (χ2n) is 5.35. The van der Waals surface area contributed by atoms with Gasteiger partial charge in [-0.3, -0.25) is 4.79 Å². The number of ether oxygens (including phenoxy) is 2. The lowest BCUT2D eigenvalue weighted by molar-refractivity contribution is -0.187. The van der Waals surface area contributed by atoms with Crippen LogP contribution in [0.25, 0.3) is 0 Å². The summed E-state index contributed by atoms with van der Waals surface area (Å²) in [6.07, 6.45) is 1.52. The molecule has 1 spiro atoms. The minimum absolute atomic E-state index is 0.114. The van der Waals surface area contributed by atoms with E-state index in [1.807, 2.05) is 29.2 Å². The first kappa shape index (κ1) is 14.8. The molecule has 5 nitrogen and oxygen atoms in total. The molecule has 1 aromatic carbocycles. The molecule has 21 heavy (non-hydrogen) atoms. The van der Waals surface area contributed by atoms with Gasteiger partial charge in [-0.1, -0.05) is 22.0 Å². The first-order chi connectivity index (χ1) is 10.2. The number of piperidine rings is 1. The molecule has 0 bridgehead atoms. The van der Waals surface area contributed by atoms with Crippen LogP contribution in [0.1, 0.15) is 12.8 Å². The Morgan fingerprint density at radius 1 is 1.29 bits per heavy atom.